The molecule has 3 heteroatoms. The lowest BCUT2D eigenvalue weighted by atomic mass is 10.1. The summed E-state index contributed by atoms with van der Waals surface area (Å²) in [7, 11) is 0. The van der Waals surface area contributed by atoms with E-state index >= 15 is 0 Å². The van der Waals surface area contributed by atoms with Gasteiger partial charge in [-0.3, -0.25) is 0 Å². The highest BCUT2D eigenvalue weighted by Gasteiger charge is 2.00. The lowest BCUT2D eigenvalue weighted by molar-refractivity contribution is 0.288. The molecule has 16 heavy (non-hydrogen) atoms. The van der Waals surface area contributed by atoms with Gasteiger partial charge in [0.05, 0.1) is 0 Å². The summed E-state index contributed by atoms with van der Waals surface area (Å²) in [5, 5.41) is 8.79. The molecule has 0 radical (unpaired) electrons. The molecule has 0 spiro atoms. The number of benzene rings is 1. The largest absolute Gasteiger partial charge is 0.396 e. The second-order valence-electron chi connectivity index (χ2n) is 3.60. The van der Waals surface area contributed by atoms with E-state index in [4.69, 9.17) is 5.11 Å². The molecule has 82 valence electrons. The minimum Gasteiger partial charge on any atom is -0.396 e. The Labute approximate surface area is 94.8 Å². The van der Waals surface area contributed by atoms with Crippen LogP contribution in [0.4, 0.5) is 0 Å². The van der Waals surface area contributed by atoms with Gasteiger partial charge in [0.25, 0.3) is 0 Å². The van der Waals surface area contributed by atoms with Gasteiger partial charge >= 0.3 is 0 Å². The van der Waals surface area contributed by atoms with E-state index in [2.05, 4.69) is 22.1 Å². The fourth-order valence-electron chi connectivity index (χ4n) is 1.60. The van der Waals surface area contributed by atoms with Crippen molar-refractivity contribution in [2.45, 2.75) is 12.8 Å². The first-order valence-electron chi connectivity index (χ1n) is 5.37. The predicted molar refractivity (Wildman–Crippen MR) is 62.9 cm³/mol. The zero-order valence-corrected chi connectivity index (χ0v) is 9.00. The van der Waals surface area contributed by atoms with Crippen LogP contribution in [0.3, 0.4) is 0 Å². The van der Waals surface area contributed by atoms with Crippen molar-refractivity contribution in [3.05, 3.63) is 48.3 Å². The van der Waals surface area contributed by atoms with Crippen LogP contribution in [0.1, 0.15) is 12.0 Å². The Morgan fingerprint density at radius 1 is 1.06 bits per heavy atom. The van der Waals surface area contributed by atoms with Crippen LogP contribution >= 0.6 is 0 Å². The number of hydrogen-bond donors (Lipinski definition) is 1. The fourth-order valence-corrected chi connectivity index (χ4v) is 1.60. The lowest BCUT2D eigenvalue weighted by Gasteiger charge is -2.03. The van der Waals surface area contributed by atoms with Crippen molar-refractivity contribution >= 4 is 0 Å². The third kappa shape index (κ3) is 2.64. The van der Waals surface area contributed by atoms with Gasteiger partial charge in [0.1, 0.15) is 0 Å². The predicted octanol–water partition coefficient (Wildman–Crippen LogP) is 2.07. The van der Waals surface area contributed by atoms with Gasteiger partial charge in [0, 0.05) is 24.6 Å². The second-order valence-corrected chi connectivity index (χ2v) is 3.60. The fraction of sp³-hybridized carbons (Fsp3) is 0.231. The van der Waals surface area contributed by atoms with Crippen molar-refractivity contribution in [2.75, 3.05) is 6.61 Å². The summed E-state index contributed by atoms with van der Waals surface area (Å²) in [5.41, 5.74) is 2.23. The Bertz CT molecular complexity index is 443. The molecule has 1 heterocycles. The van der Waals surface area contributed by atoms with Crippen LogP contribution < -0.4 is 0 Å². The molecule has 1 aromatic heterocycles. The van der Waals surface area contributed by atoms with E-state index in [0.29, 0.717) is 0 Å². The van der Waals surface area contributed by atoms with Crippen LogP contribution in [-0.2, 0) is 6.42 Å². The third-order valence-corrected chi connectivity index (χ3v) is 2.37. The number of aryl methyl sites for hydroxylation is 1. The maximum atomic E-state index is 8.79. The standard InChI is InChI=1S/C13H14N2O/c16-9-2-5-11-4-1-6-12(10-11)13-14-7-3-8-15-13/h1,3-4,6-8,10,16H,2,5,9H2. The molecule has 0 saturated heterocycles. The second kappa shape index (κ2) is 5.37. The molecule has 0 amide bonds. The molecule has 0 atom stereocenters. The van der Waals surface area contributed by atoms with Crippen LogP contribution in [-0.4, -0.2) is 21.7 Å². The molecule has 1 aromatic carbocycles. The van der Waals surface area contributed by atoms with Crippen LogP contribution in [0.2, 0.25) is 0 Å². The molecule has 3 nitrogen and oxygen atoms in total. The van der Waals surface area contributed by atoms with Gasteiger partial charge in [0.15, 0.2) is 5.82 Å². The summed E-state index contributed by atoms with van der Waals surface area (Å²) < 4.78 is 0. The number of aromatic nitrogens is 2. The maximum Gasteiger partial charge on any atom is 0.159 e. The molecule has 0 aliphatic heterocycles. The van der Waals surface area contributed by atoms with E-state index in [1.807, 2.05) is 12.1 Å². The molecule has 0 fully saturated rings. The van der Waals surface area contributed by atoms with Crippen molar-refractivity contribution in [3.8, 4) is 11.4 Å². The van der Waals surface area contributed by atoms with Crippen molar-refractivity contribution in [1.29, 1.82) is 0 Å². The highest BCUT2D eigenvalue weighted by atomic mass is 16.2. The van der Waals surface area contributed by atoms with Crippen LogP contribution in [0.25, 0.3) is 11.4 Å². The van der Waals surface area contributed by atoms with Crippen molar-refractivity contribution < 1.29 is 5.11 Å². The first kappa shape index (κ1) is 10.8. The normalized spacial score (nSPS) is 10.3. The summed E-state index contributed by atoms with van der Waals surface area (Å²) in [4.78, 5) is 8.42. The van der Waals surface area contributed by atoms with Crippen molar-refractivity contribution in [2.24, 2.45) is 0 Å². The number of aliphatic hydroxyl groups excluding tert-OH is 1. The Balaban J connectivity index is 2.22. The Hall–Kier alpha value is -1.74. The quantitative estimate of drug-likeness (QED) is 0.847. The summed E-state index contributed by atoms with van der Waals surface area (Å²) in [6, 6.07) is 9.93. The van der Waals surface area contributed by atoms with Crippen LogP contribution in [0.5, 0.6) is 0 Å². The lowest BCUT2D eigenvalue weighted by Crippen LogP contribution is -1.91. The molecule has 0 aliphatic rings. The summed E-state index contributed by atoms with van der Waals surface area (Å²) in [6.45, 7) is 0.228. The van der Waals surface area contributed by atoms with Crippen LogP contribution in [0, 0.1) is 0 Å². The van der Waals surface area contributed by atoms with E-state index < -0.39 is 0 Å². The van der Waals surface area contributed by atoms with Crippen molar-refractivity contribution in [1.82, 2.24) is 9.97 Å². The van der Waals surface area contributed by atoms with E-state index in [1.165, 1.54) is 5.56 Å². The molecule has 0 saturated carbocycles. The topological polar surface area (TPSA) is 46.0 Å². The summed E-state index contributed by atoms with van der Waals surface area (Å²) in [5.74, 6) is 0.744. The molecule has 1 N–H and O–H groups in total. The first-order valence-corrected chi connectivity index (χ1v) is 5.37. The molecular weight excluding hydrogens is 200 g/mol. The average molecular weight is 214 g/mol. The monoisotopic (exact) mass is 214 g/mol. The molecule has 0 bridgehead atoms. The average Bonchev–Trinajstić information content (AvgIpc) is 2.38. The van der Waals surface area contributed by atoms with Gasteiger partial charge in [-0.1, -0.05) is 18.2 Å². The van der Waals surface area contributed by atoms with Gasteiger partial charge in [-0.25, -0.2) is 9.97 Å². The van der Waals surface area contributed by atoms with Crippen LogP contribution in [0.15, 0.2) is 42.7 Å². The van der Waals surface area contributed by atoms with Gasteiger partial charge in [-0.2, -0.15) is 0 Å². The highest BCUT2D eigenvalue weighted by Crippen LogP contribution is 2.16. The van der Waals surface area contributed by atoms with E-state index in [0.717, 1.165) is 24.2 Å². The molecule has 0 unspecified atom stereocenters. The number of rotatable bonds is 4. The SMILES string of the molecule is OCCCc1cccc(-c2ncccn2)c1. The smallest absolute Gasteiger partial charge is 0.159 e. The Morgan fingerprint density at radius 2 is 1.88 bits per heavy atom. The highest BCUT2D eigenvalue weighted by molar-refractivity contribution is 5.55. The number of aliphatic hydroxyl groups is 1. The Kier molecular flexibility index (Phi) is 3.62. The number of hydrogen-bond acceptors (Lipinski definition) is 3. The van der Waals surface area contributed by atoms with E-state index in [1.54, 1.807) is 18.5 Å². The third-order valence-electron chi connectivity index (χ3n) is 2.37. The molecule has 0 aliphatic carbocycles. The van der Waals surface area contributed by atoms with E-state index in [-0.39, 0.29) is 6.61 Å². The number of nitrogens with zero attached hydrogens (tertiary/aromatic N) is 2. The maximum absolute atomic E-state index is 8.79. The minimum absolute atomic E-state index is 0.228. The van der Waals surface area contributed by atoms with Gasteiger partial charge in [0.2, 0.25) is 0 Å². The molecular formula is C13H14N2O. The van der Waals surface area contributed by atoms with Crippen molar-refractivity contribution in [3.63, 3.8) is 0 Å². The van der Waals surface area contributed by atoms with Gasteiger partial charge in [-0.05, 0) is 30.5 Å². The zero-order chi connectivity index (χ0) is 11.2. The Morgan fingerprint density at radius 3 is 2.62 bits per heavy atom. The minimum atomic E-state index is 0.228. The van der Waals surface area contributed by atoms with Gasteiger partial charge in [-0.15, -0.1) is 0 Å². The van der Waals surface area contributed by atoms with E-state index in [9.17, 15) is 0 Å². The zero-order valence-electron chi connectivity index (χ0n) is 9.00. The summed E-state index contributed by atoms with van der Waals surface area (Å²) in [6.07, 6.45) is 5.15. The molecule has 2 aromatic rings. The van der Waals surface area contributed by atoms with Gasteiger partial charge < -0.3 is 5.11 Å². The first-order chi connectivity index (χ1) is 7.90. The molecule has 2 rings (SSSR count). The summed E-state index contributed by atoms with van der Waals surface area (Å²) >= 11 is 0.